The second kappa shape index (κ2) is 7.56. The lowest BCUT2D eigenvalue weighted by molar-refractivity contribution is -0.126. The summed E-state index contributed by atoms with van der Waals surface area (Å²) < 4.78 is 5.59. The van der Waals surface area contributed by atoms with E-state index in [1.54, 1.807) is 18.2 Å². The molecule has 0 spiro atoms. The van der Waals surface area contributed by atoms with Crippen molar-refractivity contribution >= 4 is 23.2 Å². The second-order valence-corrected chi connectivity index (χ2v) is 7.75. The van der Waals surface area contributed by atoms with Crippen LogP contribution in [0.5, 0.6) is 5.75 Å². The first-order valence-electron chi connectivity index (χ1n) is 10.2. The van der Waals surface area contributed by atoms with E-state index in [2.05, 4.69) is 0 Å². The molecule has 0 N–H and O–H groups in total. The van der Waals surface area contributed by atoms with Crippen molar-refractivity contribution in [2.45, 2.75) is 19.1 Å². The summed E-state index contributed by atoms with van der Waals surface area (Å²) in [6.07, 6.45) is -0.900. The fraction of sp³-hybridized carbons (Fsp3) is 0.200. The van der Waals surface area contributed by atoms with Crippen LogP contribution in [0.3, 0.4) is 0 Å². The van der Waals surface area contributed by atoms with Gasteiger partial charge in [-0.15, -0.1) is 0 Å². The number of carbonyl (C=O) groups excluding carboxylic acids is 2. The number of para-hydroxylation sites is 2. The van der Waals surface area contributed by atoms with Gasteiger partial charge in [0, 0.05) is 5.56 Å². The number of imide groups is 1. The summed E-state index contributed by atoms with van der Waals surface area (Å²) in [5.74, 6) is -0.662. The molecule has 2 fully saturated rings. The number of aryl methyl sites for hydroxylation is 1. The molecular weight excluding hydrogens is 392 g/mol. The van der Waals surface area contributed by atoms with Crippen LogP contribution >= 0.6 is 0 Å². The SMILES string of the molecule is COc1ccccc1[C@H]1[C@@H]2C(=O)N(c3cccc(C)c3)C(=O)[C@H]2ON1c1ccccc1. The van der Waals surface area contributed by atoms with Crippen molar-refractivity contribution in [3.05, 3.63) is 90.0 Å². The summed E-state index contributed by atoms with van der Waals surface area (Å²) in [7, 11) is 1.60. The van der Waals surface area contributed by atoms with Crippen LogP contribution in [0.1, 0.15) is 17.2 Å². The van der Waals surface area contributed by atoms with Gasteiger partial charge < -0.3 is 4.74 Å². The molecule has 2 aliphatic rings. The van der Waals surface area contributed by atoms with Gasteiger partial charge in [0.2, 0.25) is 5.91 Å². The Morgan fingerprint density at radius 1 is 0.839 bits per heavy atom. The van der Waals surface area contributed by atoms with Crippen LogP contribution in [-0.2, 0) is 14.4 Å². The Morgan fingerprint density at radius 2 is 1.55 bits per heavy atom. The summed E-state index contributed by atoms with van der Waals surface area (Å²) in [6, 6.07) is 23.9. The first-order valence-corrected chi connectivity index (χ1v) is 10.2. The fourth-order valence-electron chi connectivity index (χ4n) is 4.46. The molecule has 5 rings (SSSR count). The summed E-state index contributed by atoms with van der Waals surface area (Å²) in [5, 5.41) is 1.68. The number of amides is 2. The molecule has 0 unspecified atom stereocenters. The van der Waals surface area contributed by atoms with Crippen molar-refractivity contribution in [3.8, 4) is 5.75 Å². The highest BCUT2D eigenvalue weighted by Crippen LogP contribution is 2.49. The smallest absolute Gasteiger partial charge is 0.266 e. The van der Waals surface area contributed by atoms with Crippen LogP contribution in [0.15, 0.2) is 78.9 Å². The molecule has 0 aliphatic carbocycles. The molecule has 0 aromatic heterocycles. The Morgan fingerprint density at radius 3 is 2.29 bits per heavy atom. The number of nitrogens with zero attached hydrogens (tertiary/aromatic N) is 2. The lowest BCUT2D eigenvalue weighted by Crippen LogP contribution is -2.37. The molecular formula is C25H22N2O4. The van der Waals surface area contributed by atoms with Crippen molar-refractivity contribution in [2.24, 2.45) is 5.92 Å². The minimum absolute atomic E-state index is 0.269. The van der Waals surface area contributed by atoms with E-state index in [0.29, 0.717) is 11.4 Å². The van der Waals surface area contributed by atoms with Gasteiger partial charge in [0.05, 0.1) is 24.5 Å². The van der Waals surface area contributed by atoms with Gasteiger partial charge in [0.25, 0.3) is 5.91 Å². The summed E-state index contributed by atoms with van der Waals surface area (Å²) in [6.45, 7) is 1.93. The molecule has 0 bridgehead atoms. The van der Waals surface area contributed by atoms with Gasteiger partial charge in [-0.05, 0) is 42.8 Å². The van der Waals surface area contributed by atoms with E-state index in [0.717, 1.165) is 16.8 Å². The summed E-state index contributed by atoms with van der Waals surface area (Å²) in [4.78, 5) is 34.4. The Kier molecular flexibility index (Phi) is 4.71. The maximum atomic E-state index is 13.6. The number of hydrogen-bond acceptors (Lipinski definition) is 5. The molecule has 6 heteroatoms. The zero-order valence-corrected chi connectivity index (χ0v) is 17.3. The van der Waals surface area contributed by atoms with Gasteiger partial charge >= 0.3 is 0 Å². The number of fused-ring (bicyclic) bond motifs is 1. The van der Waals surface area contributed by atoms with E-state index in [-0.39, 0.29) is 11.8 Å². The normalized spacial score (nSPS) is 22.7. The molecule has 3 aromatic carbocycles. The predicted molar refractivity (Wildman–Crippen MR) is 117 cm³/mol. The molecule has 2 aliphatic heterocycles. The number of benzene rings is 3. The number of hydroxylamine groups is 1. The predicted octanol–water partition coefficient (Wildman–Crippen LogP) is 4.05. The van der Waals surface area contributed by atoms with E-state index in [1.807, 2.05) is 79.7 Å². The van der Waals surface area contributed by atoms with E-state index in [1.165, 1.54) is 4.90 Å². The van der Waals surface area contributed by atoms with Crippen molar-refractivity contribution in [1.82, 2.24) is 0 Å². The average molecular weight is 414 g/mol. The van der Waals surface area contributed by atoms with Crippen molar-refractivity contribution in [2.75, 3.05) is 17.1 Å². The highest BCUT2D eigenvalue weighted by Gasteiger charge is 2.60. The van der Waals surface area contributed by atoms with Gasteiger partial charge in [0.15, 0.2) is 6.10 Å². The zero-order valence-electron chi connectivity index (χ0n) is 17.3. The van der Waals surface area contributed by atoms with Crippen LogP contribution in [-0.4, -0.2) is 25.0 Å². The molecule has 6 nitrogen and oxygen atoms in total. The van der Waals surface area contributed by atoms with Gasteiger partial charge in [-0.25, -0.2) is 9.96 Å². The van der Waals surface area contributed by atoms with Crippen LogP contribution in [0.25, 0.3) is 0 Å². The Hall–Kier alpha value is -3.64. The molecule has 0 saturated carbocycles. The third-order valence-electron chi connectivity index (χ3n) is 5.84. The number of carbonyl (C=O) groups is 2. The third-order valence-corrected chi connectivity index (χ3v) is 5.84. The number of hydrogen-bond donors (Lipinski definition) is 0. The Bertz CT molecular complexity index is 1150. The molecule has 2 heterocycles. The van der Waals surface area contributed by atoms with Gasteiger partial charge in [0.1, 0.15) is 11.7 Å². The summed E-state index contributed by atoms with van der Waals surface area (Å²) in [5.41, 5.74) is 3.12. The number of methoxy groups -OCH3 is 1. The average Bonchev–Trinajstić information content (AvgIpc) is 3.30. The molecule has 31 heavy (non-hydrogen) atoms. The largest absolute Gasteiger partial charge is 0.496 e. The minimum Gasteiger partial charge on any atom is -0.496 e. The lowest BCUT2D eigenvalue weighted by atomic mass is 9.90. The van der Waals surface area contributed by atoms with Crippen molar-refractivity contribution in [1.29, 1.82) is 0 Å². The second-order valence-electron chi connectivity index (χ2n) is 7.75. The quantitative estimate of drug-likeness (QED) is 0.603. The van der Waals surface area contributed by atoms with Crippen molar-refractivity contribution in [3.63, 3.8) is 0 Å². The van der Waals surface area contributed by atoms with E-state index in [9.17, 15) is 9.59 Å². The van der Waals surface area contributed by atoms with Crippen LogP contribution in [0, 0.1) is 12.8 Å². The van der Waals surface area contributed by atoms with Gasteiger partial charge in [-0.2, -0.15) is 0 Å². The van der Waals surface area contributed by atoms with Crippen LogP contribution < -0.4 is 14.7 Å². The van der Waals surface area contributed by atoms with E-state index in [4.69, 9.17) is 9.57 Å². The molecule has 3 atom stereocenters. The maximum Gasteiger partial charge on any atom is 0.266 e. The first-order chi connectivity index (χ1) is 15.1. The zero-order chi connectivity index (χ0) is 21.5. The Labute approximate surface area is 180 Å². The van der Waals surface area contributed by atoms with Crippen LogP contribution in [0.2, 0.25) is 0 Å². The number of ether oxygens (including phenoxy) is 1. The number of rotatable bonds is 4. The molecule has 2 saturated heterocycles. The molecule has 0 radical (unpaired) electrons. The molecule has 2 amide bonds. The third kappa shape index (κ3) is 3.07. The van der Waals surface area contributed by atoms with Crippen molar-refractivity contribution < 1.29 is 19.2 Å². The summed E-state index contributed by atoms with van der Waals surface area (Å²) >= 11 is 0. The first kappa shape index (κ1) is 19.3. The highest BCUT2D eigenvalue weighted by atomic mass is 16.7. The maximum absolute atomic E-state index is 13.6. The number of anilines is 2. The van der Waals surface area contributed by atoms with E-state index < -0.39 is 18.1 Å². The monoisotopic (exact) mass is 414 g/mol. The lowest BCUT2D eigenvalue weighted by Gasteiger charge is -2.29. The fourth-order valence-corrected chi connectivity index (χ4v) is 4.46. The standard InChI is InChI=1S/C25H22N2O4/c1-16-9-8-12-18(15-16)26-24(28)21-22(19-13-6-7-14-20(19)30-2)27(31-23(21)25(26)29)17-10-4-3-5-11-17/h3-15,21-23H,1-2H3/t21-,22-,23-/m0/s1. The topological polar surface area (TPSA) is 59.1 Å². The van der Waals surface area contributed by atoms with Gasteiger partial charge in [-0.3, -0.25) is 14.4 Å². The van der Waals surface area contributed by atoms with Crippen LogP contribution in [0.4, 0.5) is 11.4 Å². The highest BCUT2D eigenvalue weighted by molar-refractivity contribution is 6.24. The minimum atomic E-state index is -0.900. The Balaban J connectivity index is 1.62. The molecule has 156 valence electrons. The molecule has 3 aromatic rings. The van der Waals surface area contributed by atoms with Gasteiger partial charge in [-0.1, -0.05) is 48.5 Å². The van der Waals surface area contributed by atoms with E-state index >= 15 is 0 Å².